The van der Waals surface area contributed by atoms with E-state index < -0.39 is 5.97 Å². The highest BCUT2D eigenvalue weighted by molar-refractivity contribution is 5.78. The molecular weight excluding hydrogens is 322 g/mol. The lowest BCUT2D eigenvalue weighted by Crippen LogP contribution is -2.45. The van der Waals surface area contributed by atoms with Gasteiger partial charge in [0.15, 0.2) is 0 Å². The SMILES string of the molecule is O=C(O)CCN(C(=O)C[C@H]1OCCc2ccccc21)C1CCOCC1. The van der Waals surface area contributed by atoms with Crippen molar-refractivity contribution < 1.29 is 24.2 Å². The molecule has 1 atom stereocenters. The van der Waals surface area contributed by atoms with Crippen LogP contribution in [0, 0.1) is 0 Å². The van der Waals surface area contributed by atoms with Gasteiger partial charge in [0.25, 0.3) is 0 Å². The average Bonchev–Trinajstić information content (AvgIpc) is 2.63. The van der Waals surface area contributed by atoms with Crippen LogP contribution in [0.3, 0.4) is 0 Å². The fraction of sp³-hybridized carbons (Fsp3) is 0.579. The molecule has 0 aromatic heterocycles. The number of amides is 1. The largest absolute Gasteiger partial charge is 0.481 e. The molecule has 0 radical (unpaired) electrons. The lowest BCUT2D eigenvalue weighted by Gasteiger charge is -2.35. The second kappa shape index (κ2) is 8.45. The lowest BCUT2D eigenvalue weighted by molar-refractivity contribution is -0.142. The van der Waals surface area contributed by atoms with Crippen molar-refractivity contribution in [2.24, 2.45) is 0 Å². The molecule has 6 nitrogen and oxygen atoms in total. The van der Waals surface area contributed by atoms with E-state index in [4.69, 9.17) is 14.6 Å². The number of ether oxygens (including phenoxy) is 2. The minimum absolute atomic E-state index is 0.0325. The number of carbonyl (C=O) groups excluding carboxylic acids is 1. The Morgan fingerprint density at radius 2 is 1.92 bits per heavy atom. The number of hydrogen-bond donors (Lipinski definition) is 1. The minimum Gasteiger partial charge on any atom is -0.481 e. The van der Waals surface area contributed by atoms with E-state index in [0.29, 0.717) is 19.8 Å². The van der Waals surface area contributed by atoms with E-state index in [0.717, 1.165) is 24.8 Å². The fourth-order valence-corrected chi connectivity index (χ4v) is 3.65. The predicted molar refractivity (Wildman–Crippen MR) is 91.3 cm³/mol. The molecule has 136 valence electrons. The highest BCUT2D eigenvalue weighted by Crippen LogP contribution is 2.30. The van der Waals surface area contributed by atoms with Crippen molar-refractivity contribution in [3.05, 3.63) is 35.4 Å². The Hall–Kier alpha value is -1.92. The summed E-state index contributed by atoms with van der Waals surface area (Å²) in [4.78, 5) is 25.7. The Labute approximate surface area is 147 Å². The number of carboxylic acids is 1. The Morgan fingerprint density at radius 3 is 2.68 bits per heavy atom. The summed E-state index contributed by atoms with van der Waals surface area (Å²) in [6.07, 6.45) is 2.36. The second-order valence-electron chi connectivity index (χ2n) is 6.59. The van der Waals surface area contributed by atoms with Crippen LogP contribution in [0.15, 0.2) is 24.3 Å². The predicted octanol–water partition coefficient (Wildman–Crippen LogP) is 2.17. The highest BCUT2D eigenvalue weighted by Gasteiger charge is 2.30. The van der Waals surface area contributed by atoms with E-state index in [-0.39, 0.29) is 37.4 Å². The number of fused-ring (bicyclic) bond motifs is 1. The zero-order chi connectivity index (χ0) is 17.6. The van der Waals surface area contributed by atoms with E-state index in [2.05, 4.69) is 6.07 Å². The Balaban J connectivity index is 1.70. The number of carbonyl (C=O) groups is 2. The van der Waals surface area contributed by atoms with Crippen LogP contribution in [-0.4, -0.2) is 54.3 Å². The van der Waals surface area contributed by atoms with Crippen LogP contribution in [0.25, 0.3) is 0 Å². The van der Waals surface area contributed by atoms with Crippen molar-refractivity contribution in [3.63, 3.8) is 0 Å². The first-order valence-electron chi connectivity index (χ1n) is 8.93. The van der Waals surface area contributed by atoms with Gasteiger partial charge in [-0.2, -0.15) is 0 Å². The first-order valence-corrected chi connectivity index (χ1v) is 8.93. The molecule has 6 heteroatoms. The molecule has 0 spiro atoms. The molecule has 2 aliphatic heterocycles. The molecule has 25 heavy (non-hydrogen) atoms. The molecule has 2 heterocycles. The molecule has 1 fully saturated rings. The molecule has 0 saturated carbocycles. The summed E-state index contributed by atoms with van der Waals surface area (Å²) in [6.45, 7) is 2.09. The van der Waals surface area contributed by atoms with Crippen LogP contribution >= 0.6 is 0 Å². The maximum Gasteiger partial charge on any atom is 0.305 e. The van der Waals surface area contributed by atoms with Crippen LogP contribution in [-0.2, 0) is 25.5 Å². The maximum atomic E-state index is 12.9. The number of aliphatic carboxylic acids is 1. The van der Waals surface area contributed by atoms with Crippen LogP contribution in [0.5, 0.6) is 0 Å². The normalized spacial score (nSPS) is 20.7. The smallest absolute Gasteiger partial charge is 0.305 e. The Kier molecular flexibility index (Phi) is 6.04. The van der Waals surface area contributed by atoms with Gasteiger partial charge in [-0.1, -0.05) is 24.3 Å². The molecule has 0 aliphatic carbocycles. The Bertz CT molecular complexity index is 612. The zero-order valence-corrected chi connectivity index (χ0v) is 14.4. The van der Waals surface area contributed by atoms with E-state index in [9.17, 15) is 9.59 Å². The van der Waals surface area contributed by atoms with Crippen molar-refractivity contribution in [1.82, 2.24) is 4.90 Å². The standard InChI is InChI=1S/C19H25NO5/c21-18(13-17-16-4-2-1-3-14(16)6-12-25-17)20(9-5-19(22)23)15-7-10-24-11-8-15/h1-4,15,17H,5-13H2,(H,22,23)/t17-/m1/s1. The van der Waals surface area contributed by atoms with Gasteiger partial charge in [0.2, 0.25) is 5.91 Å². The van der Waals surface area contributed by atoms with Gasteiger partial charge in [0.05, 0.1) is 25.6 Å². The van der Waals surface area contributed by atoms with Gasteiger partial charge in [0, 0.05) is 25.8 Å². The quantitative estimate of drug-likeness (QED) is 0.853. The van der Waals surface area contributed by atoms with Gasteiger partial charge in [-0.25, -0.2) is 0 Å². The summed E-state index contributed by atoms with van der Waals surface area (Å²) in [5.41, 5.74) is 2.31. The average molecular weight is 347 g/mol. The van der Waals surface area contributed by atoms with E-state index >= 15 is 0 Å². The third kappa shape index (κ3) is 4.58. The van der Waals surface area contributed by atoms with Crippen LogP contribution in [0.2, 0.25) is 0 Å². The summed E-state index contributed by atoms with van der Waals surface area (Å²) in [7, 11) is 0. The molecule has 1 amide bonds. The van der Waals surface area contributed by atoms with E-state index in [1.807, 2.05) is 18.2 Å². The maximum absolute atomic E-state index is 12.9. The number of benzene rings is 1. The van der Waals surface area contributed by atoms with E-state index in [1.54, 1.807) is 4.90 Å². The topological polar surface area (TPSA) is 76.1 Å². The summed E-state index contributed by atoms with van der Waals surface area (Å²) in [5, 5.41) is 9.01. The van der Waals surface area contributed by atoms with Gasteiger partial charge in [-0.15, -0.1) is 0 Å². The number of hydrogen-bond acceptors (Lipinski definition) is 4. The summed E-state index contributed by atoms with van der Waals surface area (Å²) in [6, 6.07) is 8.12. The summed E-state index contributed by atoms with van der Waals surface area (Å²) in [5.74, 6) is -0.918. The number of rotatable bonds is 6. The summed E-state index contributed by atoms with van der Waals surface area (Å²) >= 11 is 0. The molecule has 3 rings (SSSR count). The molecular formula is C19H25NO5. The van der Waals surface area contributed by atoms with Crippen LogP contribution in [0.1, 0.15) is 42.9 Å². The number of carboxylic acid groups (broad SMARTS) is 1. The first kappa shape index (κ1) is 17.9. The van der Waals surface area contributed by atoms with Crippen molar-refractivity contribution in [2.75, 3.05) is 26.4 Å². The first-order chi connectivity index (χ1) is 12.1. The highest BCUT2D eigenvalue weighted by atomic mass is 16.5. The van der Waals surface area contributed by atoms with Crippen LogP contribution in [0.4, 0.5) is 0 Å². The monoisotopic (exact) mass is 347 g/mol. The van der Waals surface area contributed by atoms with Gasteiger partial charge >= 0.3 is 5.97 Å². The molecule has 1 saturated heterocycles. The minimum atomic E-state index is -0.885. The van der Waals surface area contributed by atoms with Crippen molar-refractivity contribution >= 4 is 11.9 Å². The third-order valence-corrected chi connectivity index (χ3v) is 4.97. The van der Waals surface area contributed by atoms with Gasteiger partial charge in [-0.05, 0) is 30.4 Å². The molecule has 2 aliphatic rings. The molecule has 0 bridgehead atoms. The third-order valence-electron chi connectivity index (χ3n) is 4.97. The van der Waals surface area contributed by atoms with Gasteiger partial charge < -0.3 is 19.5 Å². The lowest BCUT2D eigenvalue weighted by atomic mass is 9.95. The van der Waals surface area contributed by atoms with E-state index in [1.165, 1.54) is 5.56 Å². The number of nitrogens with zero attached hydrogens (tertiary/aromatic N) is 1. The zero-order valence-electron chi connectivity index (χ0n) is 14.4. The van der Waals surface area contributed by atoms with Crippen molar-refractivity contribution in [1.29, 1.82) is 0 Å². The fourth-order valence-electron chi connectivity index (χ4n) is 3.65. The second-order valence-corrected chi connectivity index (χ2v) is 6.59. The molecule has 1 N–H and O–H groups in total. The Morgan fingerprint density at radius 1 is 1.16 bits per heavy atom. The van der Waals surface area contributed by atoms with Crippen molar-refractivity contribution in [3.8, 4) is 0 Å². The molecule has 0 unspecified atom stereocenters. The summed E-state index contributed by atoms with van der Waals surface area (Å²) < 4.78 is 11.2. The molecule has 1 aromatic rings. The van der Waals surface area contributed by atoms with Crippen LogP contribution < -0.4 is 0 Å². The van der Waals surface area contributed by atoms with Gasteiger partial charge in [0.1, 0.15) is 0 Å². The molecule has 1 aromatic carbocycles. The van der Waals surface area contributed by atoms with Crippen molar-refractivity contribution in [2.45, 2.75) is 44.2 Å². The van der Waals surface area contributed by atoms with Gasteiger partial charge in [-0.3, -0.25) is 9.59 Å².